The summed E-state index contributed by atoms with van der Waals surface area (Å²) in [5.74, 6) is -1.60. The summed E-state index contributed by atoms with van der Waals surface area (Å²) < 4.78 is 4.66. The average Bonchev–Trinajstić information content (AvgIpc) is 2.38. The fourth-order valence-corrected chi connectivity index (χ4v) is 1.82. The summed E-state index contributed by atoms with van der Waals surface area (Å²) in [6, 6.07) is 5.15. The Balaban J connectivity index is 2.74. The molecule has 2 N–H and O–H groups in total. The van der Waals surface area contributed by atoms with Crippen LogP contribution < -0.4 is 5.32 Å². The summed E-state index contributed by atoms with van der Waals surface area (Å²) >= 11 is 6.07. The van der Waals surface area contributed by atoms with Gasteiger partial charge in [0.2, 0.25) is 0 Å². The summed E-state index contributed by atoms with van der Waals surface area (Å²) in [5.41, 5.74) is 1.39. The molecule has 19 heavy (non-hydrogen) atoms. The first kappa shape index (κ1) is 15.3. The number of nitrogens with one attached hydrogen (secondary N) is 1. The Hall–Kier alpha value is -1.75. The molecule has 0 aromatic heterocycles. The van der Waals surface area contributed by atoms with Crippen LogP contribution >= 0.6 is 11.6 Å². The minimum absolute atomic E-state index is 0.0106. The van der Waals surface area contributed by atoms with Gasteiger partial charge in [-0.1, -0.05) is 17.7 Å². The second kappa shape index (κ2) is 6.99. The molecule has 104 valence electrons. The molecule has 0 radical (unpaired) electrons. The van der Waals surface area contributed by atoms with Crippen LogP contribution in [-0.4, -0.2) is 30.7 Å². The van der Waals surface area contributed by atoms with Crippen LogP contribution in [0, 0.1) is 0 Å². The molecule has 0 fully saturated rings. The molecular formula is C13H16ClNO4. The van der Waals surface area contributed by atoms with Gasteiger partial charge in [-0.15, -0.1) is 0 Å². The summed E-state index contributed by atoms with van der Waals surface area (Å²) in [7, 11) is 1.34. The Labute approximate surface area is 116 Å². The van der Waals surface area contributed by atoms with Crippen molar-refractivity contribution in [1.29, 1.82) is 0 Å². The molecule has 5 nitrogen and oxygen atoms in total. The largest absolute Gasteiger partial charge is 0.481 e. The molecule has 0 heterocycles. The van der Waals surface area contributed by atoms with Gasteiger partial charge in [0, 0.05) is 6.54 Å². The maximum absolute atomic E-state index is 11.4. The number of ether oxygens (including phenoxy) is 1. The van der Waals surface area contributed by atoms with Gasteiger partial charge in [0.1, 0.15) is 0 Å². The van der Waals surface area contributed by atoms with E-state index in [4.69, 9.17) is 16.7 Å². The van der Waals surface area contributed by atoms with E-state index in [1.165, 1.54) is 7.11 Å². The highest BCUT2D eigenvalue weighted by Crippen LogP contribution is 2.27. The molecular weight excluding hydrogens is 270 g/mol. The molecule has 0 saturated heterocycles. The molecule has 0 bridgehead atoms. The third-order valence-corrected chi connectivity index (χ3v) is 3.01. The lowest BCUT2D eigenvalue weighted by Crippen LogP contribution is -2.11. The van der Waals surface area contributed by atoms with E-state index in [1.54, 1.807) is 25.1 Å². The highest BCUT2D eigenvalue weighted by atomic mass is 35.5. The van der Waals surface area contributed by atoms with Crippen molar-refractivity contribution >= 4 is 29.2 Å². The summed E-state index contributed by atoms with van der Waals surface area (Å²) in [6.07, 6.45) is 0.0106. The van der Waals surface area contributed by atoms with Crippen molar-refractivity contribution in [3.63, 3.8) is 0 Å². The minimum Gasteiger partial charge on any atom is -0.481 e. The van der Waals surface area contributed by atoms with Gasteiger partial charge in [0.15, 0.2) is 0 Å². The number of methoxy groups -OCH3 is 1. The zero-order chi connectivity index (χ0) is 14.4. The fraction of sp³-hybridized carbons (Fsp3) is 0.385. The van der Waals surface area contributed by atoms with Gasteiger partial charge in [-0.3, -0.25) is 9.59 Å². The Kier molecular flexibility index (Phi) is 5.63. The number of aliphatic carboxylic acids is 1. The van der Waals surface area contributed by atoms with E-state index in [-0.39, 0.29) is 12.4 Å². The third kappa shape index (κ3) is 4.44. The van der Waals surface area contributed by atoms with Gasteiger partial charge in [0.05, 0.1) is 30.2 Å². The molecule has 0 saturated carbocycles. The van der Waals surface area contributed by atoms with E-state index < -0.39 is 11.9 Å². The smallest absolute Gasteiger partial charge is 0.312 e. The first-order valence-corrected chi connectivity index (χ1v) is 6.16. The number of carboxylic acid groups (broad SMARTS) is 1. The zero-order valence-corrected chi connectivity index (χ0v) is 11.5. The van der Waals surface area contributed by atoms with Crippen LogP contribution in [0.2, 0.25) is 5.02 Å². The Morgan fingerprint density at radius 3 is 2.68 bits per heavy atom. The first-order valence-electron chi connectivity index (χ1n) is 5.78. The van der Waals surface area contributed by atoms with Crippen molar-refractivity contribution in [2.45, 2.75) is 19.3 Å². The molecule has 1 aromatic carbocycles. The van der Waals surface area contributed by atoms with Gasteiger partial charge >= 0.3 is 11.9 Å². The highest BCUT2D eigenvalue weighted by molar-refractivity contribution is 6.33. The first-order chi connectivity index (χ1) is 8.95. The maximum Gasteiger partial charge on any atom is 0.312 e. The van der Waals surface area contributed by atoms with Crippen molar-refractivity contribution in [3.05, 3.63) is 28.8 Å². The second-order valence-electron chi connectivity index (χ2n) is 4.05. The lowest BCUT2D eigenvalue weighted by atomic mass is 10.0. The number of carbonyl (C=O) groups excluding carboxylic acids is 1. The predicted octanol–water partition coefficient (Wildman–Crippen LogP) is 2.50. The molecule has 1 unspecified atom stereocenters. The lowest BCUT2D eigenvalue weighted by Gasteiger charge is -2.12. The average molecular weight is 286 g/mol. The molecule has 6 heteroatoms. The van der Waals surface area contributed by atoms with Crippen LogP contribution in [0.15, 0.2) is 18.2 Å². The number of carbonyl (C=O) groups is 2. The van der Waals surface area contributed by atoms with E-state index in [0.29, 0.717) is 17.3 Å². The number of carboxylic acids is 1. The molecule has 1 aromatic rings. The van der Waals surface area contributed by atoms with E-state index >= 15 is 0 Å². The SMILES string of the molecule is COC(=O)C(C)c1ccc(NCCC(=O)O)c(Cl)c1. The molecule has 0 aliphatic heterocycles. The van der Waals surface area contributed by atoms with Crippen molar-refractivity contribution < 1.29 is 19.4 Å². The Bertz CT molecular complexity index is 476. The number of esters is 1. The van der Waals surface area contributed by atoms with Gasteiger partial charge in [0.25, 0.3) is 0 Å². The van der Waals surface area contributed by atoms with Crippen LogP contribution in [0.1, 0.15) is 24.8 Å². The van der Waals surface area contributed by atoms with Crippen molar-refractivity contribution in [2.75, 3.05) is 19.0 Å². The van der Waals surface area contributed by atoms with Crippen molar-refractivity contribution in [3.8, 4) is 0 Å². The molecule has 0 spiro atoms. The van der Waals surface area contributed by atoms with Crippen molar-refractivity contribution in [2.24, 2.45) is 0 Å². The molecule has 1 atom stereocenters. The van der Waals surface area contributed by atoms with Crippen LogP contribution in [0.3, 0.4) is 0 Å². The van der Waals surface area contributed by atoms with Crippen LogP contribution in [0.4, 0.5) is 5.69 Å². The minimum atomic E-state index is -0.875. The molecule has 0 aliphatic carbocycles. The van der Waals surface area contributed by atoms with Gasteiger partial charge < -0.3 is 15.2 Å². The standard InChI is InChI=1S/C13H16ClNO4/c1-8(13(18)19-2)9-3-4-11(10(14)7-9)15-6-5-12(16)17/h3-4,7-8,15H,5-6H2,1-2H3,(H,16,17). The summed E-state index contributed by atoms with van der Waals surface area (Å²) in [5, 5.41) is 11.9. The van der Waals surface area contributed by atoms with Crippen LogP contribution in [0.25, 0.3) is 0 Å². The van der Waals surface area contributed by atoms with E-state index in [0.717, 1.165) is 5.56 Å². The monoisotopic (exact) mass is 285 g/mol. The lowest BCUT2D eigenvalue weighted by molar-refractivity contribution is -0.142. The topological polar surface area (TPSA) is 75.6 Å². The predicted molar refractivity (Wildman–Crippen MR) is 72.6 cm³/mol. The number of benzene rings is 1. The quantitative estimate of drug-likeness (QED) is 0.786. The third-order valence-electron chi connectivity index (χ3n) is 2.70. The summed E-state index contributed by atoms with van der Waals surface area (Å²) in [4.78, 5) is 21.8. The molecule has 0 amide bonds. The van der Waals surface area contributed by atoms with E-state index in [2.05, 4.69) is 10.1 Å². The normalized spacial score (nSPS) is 11.7. The second-order valence-corrected chi connectivity index (χ2v) is 4.46. The van der Waals surface area contributed by atoms with Crippen molar-refractivity contribution in [1.82, 2.24) is 0 Å². The van der Waals surface area contributed by atoms with E-state index in [9.17, 15) is 9.59 Å². The summed E-state index contributed by atoms with van der Waals surface area (Å²) in [6.45, 7) is 2.02. The van der Waals surface area contributed by atoms with Gasteiger partial charge in [-0.25, -0.2) is 0 Å². The number of halogens is 1. The number of hydrogen-bond donors (Lipinski definition) is 2. The van der Waals surface area contributed by atoms with Crippen LogP contribution in [-0.2, 0) is 14.3 Å². The Morgan fingerprint density at radius 1 is 1.47 bits per heavy atom. The maximum atomic E-state index is 11.4. The number of hydrogen-bond acceptors (Lipinski definition) is 4. The van der Waals surface area contributed by atoms with Gasteiger partial charge in [-0.05, 0) is 24.6 Å². The molecule has 0 aliphatic rings. The highest BCUT2D eigenvalue weighted by Gasteiger charge is 2.16. The fourth-order valence-electron chi connectivity index (χ4n) is 1.56. The molecule has 1 rings (SSSR count). The zero-order valence-electron chi connectivity index (χ0n) is 10.8. The van der Waals surface area contributed by atoms with Gasteiger partial charge in [-0.2, -0.15) is 0 Å². The Morgan fingerprint density at radius 2 is 2.16 bits per heavy atom. The number of rotatable bonds is 6. The van der Waals surface area contributed by atoms with E-state index in [1.807, 2.05) is 0 Å². The number of anilines is 1. The van der Waals surface area contributed by atoms with Crippen LogP contribution in [0.5, 0.6) is 0 Å².